The number of ether oxygens (including phenoxy) is 1. The highest BCUT2D eigenvalue weighted by Crippen LogP contribution is 2.25. The largest absolute Gasteiger partial charge is 0.493 e. The molecule has 1 aromatic carbocycles. The molecule has 0 spiro atoms. The number of hydrogen-bond acceptors (Lipinski definition) is 4. The van der Waals surface area contributed by atoms with Gasteiger partial charge in [-0.1, -0.05) is 12.1 Å². The van der Waals surface area contributed by atoms with Crippen LogP contribution in [0.2, 0.25) is 0 Å². The Morgan fingerprint density at radius 2 is 2.00 bits per heavy atom. The van der Waals surface area contributed by atoms with E-state index in [2.05, 4.69) is 5.32 Å². The molecule has 1 fully saturated rings. The molecular formula is C19H27N3O4. The van der Waals surface area contributed by atoms with Crippen LogP contribution in [0.25, 0.3) is 0 Å². The van der Waals surface area contributed by atoms with Crippen LogP contribution in [0.3, 0.4) is 0 Å². The molecule has 1 saturated heterocycles. The molecule has 1 N–H and O–H groups in total. The number of benzene rings is 1. The van der Waals surface area contributed by atoms with Crippen LogP contribution in [-0.4, -0.2) is 66.9 Å². The Balaban J connectivity index is 2.13. The fourth-order valence-corrected chi connectivity index (χ4v) is 3.12. The van der Waals surface area contributed by atoms with E-state index < -0.39 is 12.1 Å². The first-order chi connectivity index (χ1) is 12.4. The maximum absolute atomic E-state index is 13.0. The highest BCUT2D eigenvalue weighted by Gasteiger charge is 2.36. The molecule has 7 nitrogen and oxygen atoms in total. The lowest BCUT2D eigenvalue weighted by molar-refractivity contribution is -0.135. The minimum absolute atomic E-state index is 0.184. The number of carbonyl (C=O) groups is 3. The van der Waals surface area contributed by atoms with E-state index in [4.69, 9.17) is 4.74 Å². The van der Waals surface area contributed by atoms with Crippen molar-refractivity contribution in [3.63, 3.8) is 0 Å². The maximum atomic E-state index is 13.0. The van der Waals surface area contributed by atoms with E-state index in [9.17, 15) is 14.4 Å². The van der Waals surface area contributed by atoms with Crippen LogP contribution in [0.4, 0.5) is 0 Å². The minimum Gasteiger partial charge on any atom is -0.493 e. The number of para-hydroxylation sites is 1. The van der Waals surface area contributed by atoms with Gasteiger partial charge in [0.1, 0.15) is 17.8 Å². The maximum Gasteiger partial charge on any atom is 0.258 e. The van der Waals surface area contributed by atoms with Crippen LogP contribution in [0.15, 0.2) is 24.3 Å². The SMILES string of the molecule is CCOc1ccccc1C(=O)N1CCC[C@H]1C(=O)N[C@H](C)C(=O)N(C)C. The van der Waals surface area contributed by atoms with Gasteiger partial charge in [-0.2, -0.15) is 0 Å². The topological polar surface area (TPSA) is 79.0 Å². The second kappa shape index (κ2) is 8.69. The molecule has 7 heteroatoms. The van der Waals surface area contributed by atoms with Crippen LogP contribution < -0.4 is 10.1 Å². The molecule has 0 radical (unpaired) electrons. The third-order valence-corrected chi connectivity index (χ3v) is 4.40. The van der Waals surface area contributed by atoms with Gasteiger partial charge in [0.2, 0.25) is 11.8 Å². The number of carbonyl (C=O) groups excluding carboxylic acids is 3. The standard InChI is InChI=1S/C19H27N3O4/c1-5-26-16-11-7-6-9-14(16)19(25)22-12-8-10-15(22)17(23)20-13(2)18(24)21(3)4/h6-7,9,11,13,15H,5,8,10,12H2,1-4H3,(H,20,23)/t13-,15+/m1/s1. The summed E-state index contributed by atoms with van der Waals surface area (Å²) in [5.41, 5.74) is 0.450. The fourth-order valence-electron chi connectivity index (χ4n) is 3.12. The van der Waals surface area contributed by atoms with E-state index in [1.54, 1.807) is 44.1 Å². The monoisotopic (exact) mass is 361 g/mol. The summed E-state index contributed by atoms with van der Waals surface area (Å²) in [6.07, 6.45) is 1.33. The first kappa shape index (κ1) is 19.8. The fraction of sp³-hybridized carbons (Fsp3) is 0.526. The van der Waals surface area contributed by atoms with Crippen molar-refractivity contribution in [2.24, 2.45) is 0 Å². The highest BCUT2D eigenvalue weighted by atomic mass is 16.5. The van der Waals surface area contributed by atoms with E-state index in [0.29, 0.717) is 30.9 Å². The Kier molecular flexibility index (Phi) is 6.60. The quantitative estimate of drug-likeness (QED) is 0.828. The number of amides is 3. The Morgan fingerprint density at radius 1 is 1.31 bits per heavy atom. The Morgan fingerprint density at radius 3 is 2.65 bits per heavy atom. The summed E-state index contributed by atoms with van der Waals surface area (Å²) in [4.78, 5) is 40.6. The molecule has 2 atom stereocenters. The molecule has 0 saturated carbocycles. The summed E-state index contributed by atoms with van der Waals surface area (Å²) in [5.74, 6) is -0.191. The molecule has 1 aliphatic heterocycles. The molecule has 0 aromatic heterocycles. The smallest absolute Gasteiger partial charge is 0.258 e. The van der Waals surface area contributed by atoms with Crippen LogP contribution in [0.1, 0.15) is 37.0 Å². The predicted octanol–water partition coefficient (Wildman–Crippen LogP) is 1.28. The third kappa shape index (κ3) is 4.33. The summed E-state index contributed by atoms with van der Waals surface area (Å²) in [6, 6.07) is 5.84. The Hall–Kier alpha value is -2.57. The lowest BCUT2D eigenvalue weighted by Crippen LogP contribution is -2.51. The molecule has 0 aliphatic carbocycles. The lowest BCUT2D eigenvalue weighted by Gasteiger charge is -2.26. The van der Waals surface area contributed by atoms with E-state index in [1.165, 1.54) is 4.90 Å². The van der Waals surface area contributed by atoms with Crippen molar-refractivity contribution in [2.75, 3.05) is 27.2 Å². The van der Waals surface area contributed by atoms with E-state index >= 15 is 0 Å². The molecule has 1 aliphatic rings. The van der Waals surface area contributed by atoms with Crippen LogP contribution in [-0.2, 0) is 9.59 Å². The summed E-state index contributed by atoms with van der Waals surface area (Å²) in [5, 5.41) is 2.72. The zero-order valence-corrected chi connectivity index (χ0v) is 15.8. The normalized spacial score (nSPS) is 17.5. The zero-order chi connectivity index (χ0) is 19.3. The summed E-state index contributed by atoms with van der Waals surface area (Å²) in [7, 11) is 3.28. The Bertz CT molecular complexity index is 675. The first-order valence-electron chi connectivity index (χ1n) is 8.91. The second-order valence-electron chi connectivity index (χ2n) is 6.55. The van der Waals surface area contributed by atoms with Gasteiger partial charge in [-0.25, -0.2) is 0 Å². The molecule has 0 bridgehead atoms. The van der Waals surface area contributed by atoms with Gasteiger partial charge < -0.3 is 19.9 Å². The van der Waals surface area contributed by atoms with Crippen molar-refractivity contribution in [1.29, 1.82) is 0 Å². The van der Waals surface area contributed by atoms with Gasteiger partial charge in [0, 0.05) is 20.6 Å². The lowest BCUT2D eigenvalue weighted by atomic mass is 10.1. The number of hydrogen-bond donors (Lipinski definition) is 1. The van der Waals surface area contributed by atoms with Gasteiger partial charge in [-0.3, -0.25) is 14.4 Å². The van der Waals surface area contributed by atoms with Crippen molar-refractivity contribution < 1.29 is 19.1 Å². The molecule has 1 heterocycles. The van der Waals surface area contributed by atoms with Crippen LogP contribution >= 0.6 is 0 Å². The average molecular weight is 361 g/mol. The van der Waals surface area contributed by atoms with Gasteiger partial charge in [-0.15, -0.1) is 0 Å². The van der Waals surface area contributed by atoms with Crippen LogP contribution in [0.5, 0.6) is 5.75 Å². The molecule has 1 aromatic rings. The molecule has 142 valence electrons. The Labute approximate surface area is 154 Å². The van der Waals surface area contributed by atoms with Crippen molar-refractivity contribution in [2.45, 2.75) is 38.8 Å². The van der Waals surface area contributed by atoms with Crippen molar-refractivity contribution in [1.82, 2.24) is 15.1 Å². The molecule has 26 heavy (non-hydrogen) atoms. The van der Waals surface area contributed by atoms with Gasteiger partial charge in [0.15, 0.2) is 0 Å². The van der Waals surface area contributed by atoms with Crippen molar-refractivity contribution in [3.8, 4) is 5.75 Å². The number of likely N-dealkylation sites (tertiary alicyclic amines) is 1. The van der Waals surface area contributed by atoms with E-state index in [-0.39, 0.29) is 17.7 Å². The average Bonchev–Trinajstić information content (AvgIpc) is 3.11. The molecular weight excluding hydrogens is 334 g/mol. The minimum atomic E-state index is -0.634. The van der Waals surface area contributed by atoms with Gasteiger partial charge >= 0.3 is 0 Å². The van der Waals surface area contributed by atoms with Gasteiger partial charge in [0.05, 0.1) is 12.2 Å². The number of rotatable bonds is 6. The van der Waals surface area contributed by atoms with Crippen LogP contribution in [0, 0.1) is 0 Å². The van der Waals surface area contributed by atoms with Gasteiger partial charge in [-0.05, 0) is 38.8 Å². The summed E-state index contributed by atoms with van der Waals surface area (Å²) in [6.45, 7) is 4.47. The number of nitrogens with one attached hydrogen (secondary N) is 1. The summed E-state index contributed by atoms with van der Waals surface area (Å²) >= 11 is 0. The highest BCUT2D eigenvalue weighted by molar-refractivity contribution is 6.00. The van der Waals surface area contributed by atoms with Gasteiger partial charge in [0.25, 0.3) is 5.91 Å². The number of nitrogens with zero attached hydrogens (tertiary/aromatic N) is 2. The molecule has 0 unspecified atom stereocenters. The van der Waals surface area contributed by atoms with E-state index in [0.717, 1.165) is 6.42 Å². The van der Waals surface area contributed by atoms with Crippen molar-refractivity contribution >= 4 is 17.7 Å². The third-order valence-electron chi connectivity index (χ3n) is 4.40. The van der Waals surface area contributed by atoms with E-state index in [1.807, 2.05) is 13.0 Å². The summed E-state index contributed by atoms with van der Waals surface area (Å²) < 4.78 is 5.54. The first-order valence-corrected chi connectivity index (χ1v) is 8.91. The zero-order valence-electron chi connectivity index (χ0n) is 15.8. The second-order valence-corrected chi connectivity index (χ2v) is 6.55. The number of likely N-dealkylation sites (N-methyl/N-ethyl adjacent to an activating group) is 1. The molecule has 2 rings (SSSR count). The van der Waals surface area contributed by atoms with Crippen molar-refractivity contribution in [3.05, 3.63) is 29.8 Å². The predicted molar refractivity (Wildman–Crippen MR) is 98.0 cm³/mol. The molecule has 3 amide bonds.